The molecule has 0 aliphatic carbocycles. The first-order chi connectivity index (χ1) is 36.1. The van der Waals surface area contributed by atoms with Crippen LogP contribution in [-0.4, -0.2) is 82.3 Å². The Morgan fingerprint density at radius 3 is 1.16 bits per heavy atom. The summed E-state index contributed by atoms with van der Waals surface area (Å²) in [7, 11) is 5.92. The number of carboxylic acids is 1. The van der Waals surface area contributed by atoms with Gasteiger partial charge in [0.1, 0.15) is 13.2 Å². The number of allylic oxidation sites excluding steroid dienone is 14. The second kappa shape index (κ2) is 55.7. The molecule has 9 heteroatoms. The van der Waals surface area contributed by atoms with E-state index >= 15 is 0 Å². The number of carbonyl (C=O) groups is 3. The highest BCUT2D eigenvalue weighted by molar-refractivity contribution is 5.70. The van der Waals surface area contributed by atoms with Gasteiger partial charge in [0.2, 0.25) is 0 Å². The molecular formula is C65H113NO8. The lowest BCUT2D eigenvalue weighted by atomic mass is 10.0. The summed E-state index contributed by atoms with van der Waals surface area (Å²) in [5, 5.41) is 11.8. The van der Waals surface area contributed by atoms with Crippen molar-refractivity contribution in [3.05, 3.63) is 85.1 Å². The second-order valence-corrected chi connectivity index (χ2v) is 21.3. The molecule has 0 aliphatic heterocycles. The first-order valence-corrected chi connectivity index (χ1v) is 30.2. The van der Waals surface area contributed by atoms with Crippen LogP contribution in [0, 0.1) is 0 Å². The number of hydrogen-bond donors (Lipinski definition) is 0. The maximum atomic E-state index is 12.9. The van der Waals surface area contributed by atoms with E-state index in [1.54, 1.807) is 0 Å². The van der Waals surface area contributed by atoms with Crippen LogP contribution >= 0.6 is 0 Å². The lowest BCUT2D eigenvalue weighted by Crippen LogP contribution is -2.44. The number of carbonyl (C=O) groups excluding carboxylic acids is 3. The van der Waals surface area contributed by atoms with Crippen LogP contribution in [0.4, 0.5) is 0 Å². The third-order valence-corrected chi connectivity index (χ3v) is 12.9. The fourth-order valence-electron chi connectivity index (χ4n) is 8.24. The SMILES string of the molecule is CC/C=C\C/C=C\C/C=C\C/C=C\C/C=C\C/C=C\CCCCCCCCCCCCCCC(=O)OC(COC(=O)CCCCCCCCC/C=C\CCCCCCCCC)COC(OCC[N+](C)(C)C)C(=O)[O-]. The Balaban J connectivity index is 4.20. The number of rotatable bonds is 55. The third-order valence-electron chi connectivity index (χ3n) is 12.9. The maximum absolute atomic E-state index is 12.9. The van der Waals surface area contributed by atoms with Gasteiger partial charge in [-0.25, -0.2) is 0 Å². The Kier molecular flexibility index (Phi) is 53.0. The Bertz CT molecular complexity index is 1490. The summed E-state index contributed by atoms with van der Waals surface area (Å²) in [6.45, 7) is 4.64. The zero-order valence-electron chi connectivity index (χ0n) is 48.4. The van der Waals surface area contributed by atoms with Gasteiger partial charge in [0.25, 0.3) is 0 Å². The molecule has 0 amide bonds. The highest BCUT2D eigenvalue weighted by Gasteiger charge is 2.22. The zero-order chi connectivity index (χ0) is 54.1. The molecule has 0 aromatic heterocycles. The first kappa shape index (κ1) is 70.5. The van der Waals surface area contributed by atoms with Crippen LogP contribution in [0.1, 0.15) is 251 Å². The molecule has 0 fully saturated rings. The largest absolute Gasteiger partial charge is 0.545 e. The van der Waals surface area contributed by atoms with Crippen molar-refractivity contribution in [1.82, 2.24) is 0 Å². The van der Waals surface area contributed by atoms with Gasteiger partial charge in [-0.1, -0.05) is 234 Å². The van der Waals surface area contributed by atoms with Crippen LogP contribution in [0.2, 0.25) is 0 Å². The Morgan fingerprint density at radius 2 is 0.770 bits per heavy atom. The Morgan fingerprint density at radius 1 is 0.419 bits per heavy atom. The number of esters is 2. The van der Waals surface area contributed by atoms with Gasteiger partial charge in [-0.15, -0.1) is 0 Å². The lowest BCUT2D eigenvalue weighted by molar-refractivity contribution is -0.870. The molecule has 0 saturated heterocycles. The van der Waals surface area contributed by atoms with E-state index in [-0.39, 0.29) is 38.6 Å². The second-order valence-electron chi connectivity index (χ2n) is 21.3. The van der Waals surface area contributed by atoms with Crippen LogP contribution < -0.4 is 5.11 Å². The van der Waals surface area contributed by atoms with Crippen LogP contribution in [0.5, 0.6) is 0 Å². The predicted octanol–water partition coefficient (Wildman–Crippen LogP) is 16.6. The van der Waals surface area contributed by atoms with E-state index in [0.29, 0.717) is 17.4 Å². The van der Waals surface area contributed by atoms with Crippen molar-refractivity contribution in [2.24, 2.45) is 0 Å². The molecule has 0 heterocycles. The van der Waals surface area contributed by atoms with Crippen molar-refractivity contribution in [3.8, 4) is 0 Å². The Hall–Kier alpha value is -3.53. The van der Waals surface area contributed by atoms with E-state index in [1.165, 1.54) is 128 Å². The predicted molar refractivity (Wildman–Crippen MR) is 311 cm³/mol. The number of aliphatic carboxylic acids is 1. The van der Waals surface area contributed by atoms with E-state index in [1.807, 2.05) is 21.1 Å². The highest BCUT2D eigenvalue weighted by atomic mass is 16.7. The van der Waals surface area contributed by atoms with Crippen LogP contribution in [-0.2, 0) is 33.3 Å². The summed E-state index contributed by atoms with van der Waals surface area (Å²) >= 11 is 0. The number of likely N-dealkylation sites (N-methyl/N-ethyl adjacent to an activating group) is 1. The van der Waals surface area contributed by atoms with E-state index in [9.17, 15) is 19.5 Å². The van der Waals surface area contributed by atoms with Crippen molar-refractivity contribution in [2.45, 2.75) is 264 Å². The number of hydrogen-bond acceptors (Lipinski definition) is 8. The lowest BCUT2D eigenvalue weighted by Gasteiger charge is -2.26. The topological polar surface area (TPSA) is 111 Å². The molecule has 0 aromatic rings. The molecule has 0 spiro atoms. The van der Waals surface area contributed by atoms with Gasteiger partial charge in [-0.3, -0.25) is 9.59 Å². The molecule has 0 aliphatic rings. The van der Waals surface area contributed by atoms with Crippen molar-refractivity contribution < 1.29 is 42.9 Å². The standard InChI is InChI=1S/C65H113NO8/c1-6-8-10-12-14-16-18-20-22-24-26-27-28-29-30-31-32-33-34-35-36-37-38-40-42-44-46-48-50-52-54-56-63(68)74-61(60-73-65(64(69)70)71-58-57-66(3,4)5)59-72-62(67)55-53-51-49-47-45-43-41-39-25-23-21-19-17-15-13-11-9-7-2/h8,10,14,16,20,22-23,25-27,29-30,32-33,61,65H,6-7,9,11-13,15,17-19,21,24,28,31,34-60H2,1-5H3/b10-8-,16-14-,22-20-,25-23-,27-26-,30-29-,33-32-. The number of quaternary nitrogens is 1. The number of nitrogens with zero attached hydrogens (tertiary/aromatic N) is 1. The van der Waals surface area contributed by atoms with Gasteiger partial charge in [-0.05, 0) is 89.9 Å². The number of carboxylic acid groups (broad SMARTS) is 1. The fraction of sp³-hybridized carbons (Fsp3) is 0.738. The molecule has 9 nitrogen and oxygen atoms in total. The minimum absolute atomic E-state index is 0.144. The van der Waals surface area contributed by atoms with Crippen LogP contribution in [0.25, 0.3) is 0 Å². The molecule has 426 valence electrons. The fourth-order valence-corrected chi connectivity index (χ4v) is 8.24. The smallest absolute Gasteiger partial charge is 0.306 e. The third kappa shape index (κ3) is 56.2. The molecule has 0 saturated carbocycles. The van der Waals surface area contributed by atoms with Gasteiger partial charge < -0.3 is 33.3 Å². The van der Waals surface area contributed by atoms with E-state index in [2.05, 4.69) is 98.9 Å². The summed E-state index contributed by atoms with van der Waals surface area (Å²) in [5.41, 5.74) is 0. The average Bonchev–Trinajstić information content (AvgIpc) is 3.37. The molecule has 0 N–H and O–H groups in total. The quantitative estimate of drug-likeness (QED) is 0.0195. The van der Waals surface area contributed by atoms with Crippen molar-refractivity contribution in [3.63, 3.8) is 0 Å². The molecule has 0 bridgehead atoms. The van der Waals surface area contributed by atoms with Gasteiger partial charge in [-0.2, -0.15) is 0 Å². The monoisotopic (exact) mass is 1040 g/mol. The maximum Gasteiger partial charge on any atom is 0.306 e. The average molecular weight is 1040 g/mol. The van der Waals surface area contributed by atoms with Crippen molar-refractivity contribution in [1.29, 1.82) is 0 Å². The van der Waals surface area contributed by atoms with Gasteiger partial charge in [0.15, 0.2) is 12.4 Å². The molecule has 74 heavy (non-hydrogen) atoms. The number of unbranched alkanes of at least 4 members (excludes halogenated alkanes) is 26. The Labute approximate surface area is 455 Å². The normalized spacial score (nSPS) is 13.4. The van der Waals surface area contributed by atoms with E-state index in [0.717, 1.165) is 89.9 Å². The van der Waals surface area contributed by atoms with Crippen molar-refractivity contribution in [2.75, 3.05) is 47.5 Å². The highest BCUT2D eigenvalue weighted by Crippen LogP contribution is 2.16. The molecule has 2 atom stereocenters. The summed E-state index contributed by atoms with van der Waals surface area (Å²) in [4.78, 5) is 37.3. The van der Waals surface area contributed by atoms with E-state index in [4.69, 9.17) is 18.9 Å². The van der Waals surface area contributed by atoms with E-state index < -0.39 is 24.3 Å². The molecule has 0 aromatic carbocycles. The first-order valence-electron chi connectivity index (χ1n) is 30.2. The van der Waals surface area contributed by atoms with Crippen LogP contribution in [0.3, 0.4) is 0 Å². The van der Waals surface area contributed by atoms with Crippen LogP contribution in [0.15, 0.2) is 85.1 Å². The zero-order valence-corrected chi connectivity index (χ0v) is 48.4. The summed E-state index contributed by atoms with van der Waals surface area (Å²) < 4.78 is 22.7. The minimum atomic E-state index is -1.63. The molecule has 0 rings (SSSR count). The van der Waals surface area contributed by atoms with Gasteiger partial charge in [0.05, 0.1) is 40.3 Å². The number of ether oxygens (including phenoxy) is 4. The molecular weight excluding hydrogens is 923 g/mol. The molecule has 2 unspecified atom stereocenters. The van der Waals surface area contributed by atoms with Gasteiger partial charge >= 0.3 is 11.9 Å². The summed E-state index contributed by atoms with van der Waals surface area (Å²) in [5.74, 6) is -2.29. The molecule has 0 radical (unpaired) electrons. The van der Waals surface area contributed by atoms with Gasteiger partial charge in [0, 0.05) is 12.8 Å². The summed E-state index contributed by atoms with van der Waals surface area (Å²) in [6.07, 6.45) is 70.6. The minimum Gasteiger partial charge on any atom is -0.545 e. The summed E-state index contributed by atoms with van der Waals surface area (Å²) in [6, 6.07) is 0. The van der Waals surface area contributed by atoms with Crippen molar-refractivity contribution >= 4 is 17.9 Å².